The molecular formula is C11H10BrFN2OS. The predicted molar refractivity (Wildman–Crippen MR) is 66.2 cm³/mol. The molecular weight excluding hydrogens is 307 g/mol. The summed E-state index contributed by atoms with van der Waals surface area (Å²) in [6, 6.07) is 8.36. The Bertz CT molecular complexity index is 436. The first kappa shape index (κ1) is 12.8. The third-order valence-electron chi connectivity index (χ3n) is 2.58. The first-order chi connectivity index (χ1) is 8.11. The average molecular weight is 317 g/mol. The second-order valence-corrected chi connectivity index (χ2v) is 6.14. The molecule has 1 aromatic carbocycles. The zero-order chi connectivity index (χ0) is 12.4. The molecule has 1 fully saturated rings. The van der Waals surface area contributed by atoms with E-state index >= 15 is 0 Å². The van der Waals surface area contributed by atoms with Gasteiger partial charge in [-0.3, -0.25) is 0 Å². The fraction of sp³-hybridized carbons (Fsp3) is 0.364. The van der Waals surface area contributed by atoms with Gasteiger partial charge in [-0.1, -0.05) is 15.9 Å². The Balaban J connectivity index is 2.17. The molecule has 3 atom stereocenters. The number of hydrogen-bond acceptors (Lipinski definition) is 3. The zero-order valence-electron chi connectivity index (χ0n) is 8.85. The standard InChI is InChI=1S/C11H10BrFN2OS/c12-8-1-3-11(4-2-8)17(16)15-7-9(13)5-10(15)6-14/h1-4,9-10H,5,7H2/t9-,10-,17?/m1/s1. The van der Waals surface area contributed by atoms with Gasteiger partial charge in [-0.15, -0.1) is 4.31 Å². The summed E-state index contributed by atoms with van der Waals surface area (Å²) < 4.78 is 27.7. The summed E-state index contributed by atoms with van der Waals surface area (Å²) in [5, 5.41) is 8.89. The van der Waals surface area contributed by atoms with Crippen LogP contribution in [0.3, 0.4) is 0 Å². The minimum absolute atomic E-state index is 0.0565. The number of halogens is 2. The van der Waals surface area contributed by atoms with Crippen molar-refractivity contribution < 1.29 is 8.94 Å². The van der Waals surface area contributed by atoms with Crippen LogP contribution in [0, 0.1) is 11.3 Å². The Hall–Kier alpha value is -0.610. The lowest BCUT2D eigenvalue weighted by Crippen LogP contribution is -2.35. The van der Waals surface area contributed by atoms with Gasteiger partial charge >= 0.3 is 0 Å². The van der Waals surface area contributed by atoms with Crippen LogP contribution in [0.5, 0.6) is 0 Å². The Morgan fingerprint density at radius 2 is 2.12 bits per heavy atom. The molecule has 1 aliphatic heterocycles. The summed E-state index contributed by atoms with van der Waals surface area (Å²) in [5.41, 5.74) is 0. The van der Waals surface area contributed by atoms with Crippen molar-refractivity contribution in [3.8, 4) is 6.07 Å². The first-order valence-corrected chi connectivity index (χ1v) is 6.99. The van der Waals surface area contributed by atoms with Crippen molar-refractivity contribution in [1.29, 1.82) is 5.26 Å². The molecule has 0 saturated carbocycles. The Morgan fingerprint density at radius 1 is 1.47 bits per heavy atom. The topological polar surface area (TPSA) is 50.1 Å². The lowest BCUT2D eigenvalue weighted by molar-refractivity contribution is 0.343. The van der Waals surface area contributed by atoms with E-state index in [-0.39, 0.29) is 13.0 Å². The number of benzene rings is 1. The van der Waals surface area contributed by atoms with Gasteiger partial charge in [0, 0.05) is 10.9 Å². The largest absolute Gasteiger partial charge is 0.593 e. The molecule has 1 aromatic rings. The molecule has 1 unspecified atom stereocenters. The maximum Gasteiger partial charge on any atom is 0.174 e. The molecule has 90 valence electrons. The van der Waals surface area contributed by atoms with E-state index in [0.717, 1.165) is 4.47 Å². The molecule has 0 radical (unpaired) electrons. The Kier molecular flexibility index (Phi) is 4.05. The fourth-order valence-corrected chi connectivity index (χ4v) is 3.31. The summed E-state index contributed by atoms with van der Waals surface area (Å²) in [4.78, 5) is 0.586. The highest BCUT2D eigenvalue weighted by molar-refractivity contribution is 9.10. The minimum atomic E-state index is -1.47. The van der Waals surface area contributed by atoms with Crippen LogP contribution in [0.1, 0.15) is 6.42 Å². The van der Waals surface area contributed by atoms with Crippen LogP contribution in [0.15, 0.2) is 33.6 Å². The predicted octanol–water partition coefficient (Wildman–Crippen LogP) is 2.41. The number of alkyl halides is 1. The molecule has 0 N–H and O–H groups in total. The first-order valence-electron chi connectivity index (χ1n) is 5.09. The molecule has 17 heavy (non-hydrogen) atoms. The lowest BCUT2D eigenvalue weighted by Gasteiger charge is -2.21. The normalized spacial score (nSPS) is 26.7. The second-order valence-electron chi connectivity index (χ2n) is 3.78. The monoisotopic (exact) mass is 316 g/mol. The van der Waals surface area contributed by atoms with E-state index in [4.69, 9.17) is 5.26 Å². The summed E-state index contributed by atoms with van der Waals surface area (Å²) in [6.07, 6.45) is -0.933. The molecule has 0 amide bonds. The van der Waals surface area contributed by atoms with Gasteiger partial charge in [0.2, 0.25) is 0 Å². The van der Waals surface area contributed by atoms with Crippen LogP contribution in [0.25, 0.3) is 0 Å². The molecule has 1 heterocycles. The molecule has 1 aliphatic rings. The van der Waals surface area contributed by atoms with E-state index in [0.29, 0.717) is 4.90 Å². The van der Waals surface area contributed by atoms with Gasteiger partial charge < -0.3 is 4.55 Å². The highest BCUT2D eigenvalue weighted by atomic mass is 79.9. The molecule has 0 aromatic heterocycles. The minimum Gasteiger partial charge on any atom is -0.593 e. The van der Waals surface area contributed by atoms with Crippen molar-refractivity contribution >= 4 is 27.3 Å². The van der Waals surface area contributed by atoms with E-state index in [1.54, 1.807) is 24.3 Å². The van der Waals surface area contributed by atoms with E-state index < -0.39 is 23.6 Å². The van der Waals surface area contributed by atoms with Crippen LogP contribution < -0.4 is 0 Å². The van der Waals surface area contributed by atoms with Gasteiger partial charge in [-0.2, -0.15) is 5.26 Å². The molecule has 3 nitrogen and oxygen atoms in total. The molecule has 0 aliphatic carbocycles. The smallest absolute Gasteiger partial charge is 0.174 e. The molecule has 1 saturated heterocycles. The van der Waals surface area contributed by atoms with Crippen molar-refractivity contribution in [3.63, 3.8) is 0 Å². The van der Waals surface area contributed by atoms with E-state index in [9.17, 15) is 8.94 Å². The number of hydrogen-bond donors (Lipinski definition) is 0. The van der Waals surface area contributed by atoms with Gasteiger partial charge in [-0.25, -0.2) is 4.39 Å². The highest BCUT2D eigenvalue weighted by Gasteiger charge is 2.40. The average Bonchev–Trinajstić information content (AvgIpc) is 2.70. The fourth-order valence-electron chi connectivity index (χ4n) is 1.74. The van der Waals surface area contributed by atoms with Crippen LogP contribution >= 0.6 is 15.9 Å². The van der Waals surface area contributed by atoms with Crippen LogP contribution in [-0.2, 0) is 11.4 Å². The maximum absolute atomic E-state index is 13.2. The second kappa shape index (κ2) is 5.36. The van der Waals surface area contributed by atoms with Gasteiger partial charge in [0.05, 0.1) is 24.0 Å². The zero-order valence-corrected chi connectivity index (χ0v) is 11.2. The van der Waals surface area contributed by atoms with Crippen LogP contribution in [0.2, 0.25) is 0 Å². The third kappa shape index (κ3) is 2.80. The van der Waals surface area contributed by atoms with Gasteiger partial charge in [0.25, 0.3) is 0 Å². The lowest BCUT2D eigenvalue weighted by atomic mass is 10.2. The third-order valence-corrected chi connectivity index (χ3v) is 4.62. The van der Waals surface area contributed by atoms with Crippen molar-refractivity contribution in [2.24, 2.45) is 0 Å². The molecule has 6 heteroatoms. The number of nitrogens with zero attached hydrogens (tertiary/aromatic N) is 2. The highest BCUT2D eigenvalue weighted by Crippen LogP contribution is 2.27. The van der Waals surface area contributed by atoms with Crippen LogP contribution in [0.4, 0.5) is 4.39 Å². The van der Waals surface area contributed by atoms with E-state index in [2.05, 4.69) is 15.9 Å². The van der Waals surface area contributed by atoms with Crippen LogP contribution in [-0.4, -0.2) is 27.6 Å². The maximum atomic E-state index is 13.2. The molecule has 0 spiro atoms. The van der Waals surface area contributed by atoms with Crippen molar-refractivity contribution in [2.75, 3.05) is 6.54 Å². The summed E-state index contributed by atoms with van der Waals surface area (Å²) in [6.45, 7) is 0.0565. The Morgan fingerprint density at radius 3 is 2.71 bits per heavy atom. The van der Waals surface area contributed by atoms with E-state index in [1.807, 2.05) is 6.07 Å². The Labute approximate surface area is 111 Å². The SMILES string of the molecule is N#C[C@H]1C[C@@H](F)CN1[S+]([O-])c1ccc(Br)cc1. The summed E-state index contributed by atoms with van der Waals surface area (Å²) in [7, 11) is 0. The summed E-state index contributed by atoms with van der Waals surface area (Å²) >= 11 is 1.82. The van der Waals surface area contributed by atoms with E-state index in [1.165, 1.54) is 4.31 Å². The van der Waals surface area contributed by atoms with Gasteiger partial charge in [0.15, 0.2) is 4.90 Å². The molecule has 2 rings (SSSR count). The van der Waals surface area contributed by atoms with Gasteiger partial charge in [-0.05, 0) is 24.3 Å². The quantitative estimate of drug-likeness (QED) is 0.787. The number of rotatable bonds is 2. The summed E-state index contributed by atoms with van der Waals surface area (Å²) in [5.74, 6) is 0. The van der Waals surface area contributed by atoms with Crippen molar-refractivity contribution in [1.82, 2.24) is 4.31 Å². The van der Waals surface area contributed by atoms with Gasteiger partial charge in [0.1, 0.15) is 12.2 Å². The molecule has 0 bridgehead atoms. The van der Waals surface area contributed by atoms with Crippen molar-refractivity contribution in [3.05, 3.63) is 28.7 Å². The number of nitriles is 1. The van der Waals surface area contributed by atoms with Crippen molar-refractivity contribution in [2.45, 2.75) is 23.5 Å².